The number of nitrogens with one attached hydrogen (secondary N) is 1. The van der Waals surface area contributed by atoms with Crippen molar-refractivity contribution >= 4 is 53.5 Å². The van der Waals surface area contributed by atoms with E-state index in [1.54, 1.807) is 12.5 Å². The summed E-state index contributed by atoms with van der Waals surface area (Å²) in [5.41, 5.74) is 6.49. The van der Waals surface area contributed by atoms with E-state index in [-0.39, 0.29) is 12.2 Å². The Balaban J connectivity index is 0.000000198. The normalized spacial score (nSPS) is 15.0. The number of aromatic nitrogens is 10. The molecule has 11 rings (SSSR count). The van der Waals surface area contributed by atoms with Crippen LogP contribution >= 0.6 is 0 Å². The third kappa shape index (κ3) is 11.2. The average Bonchev–Trinajstić information content (AvgIpc) is 4.10. The lowest BCUT2D eigenvalue weighted by atomic mass is 9.77. The molecule has 0 aliphatic carbocycles. The highest BCUT2D eigenvalue weighted by Crippen LogP contribution is 2.44. The Kier molecular flexibility index (Phi) is 15.0. The highest BCUT2D eigenvalue weighted by Gasteiger charge is 2.41. The number of ether oxygens (including phenoxy) is 2. The molecule has 22 heteroatoms. The molecule has 3 aromatic carbocycles. The van der Waals surface area contributed by atoms with Gasteiger partial charge in [-0.2, -0.15) is 18.8 Å². The van der Waals surface area contributed by atoms with Crippen molar-refractivity contribution < 1.29 is 26.3 Å². The SMILES string of the molecule is CC(C)Oc1cc2c(-c3cc(N4CCN(S(C)(=O)=O)CC4)ncn3)n[nH]c2cn1.CC(C)Oc1cc2c(-c3cc(N4CCN(S(C)(=O)=O)CC4)ncn3)nn(C(c3ccccc3)(c3ccccc3)c3ccccc3)c2cn1. The zero-order valence-corrected chi connectivity index (χ0v) is 45.3. The molecule has 0 spiro atoms. The Labute approximate surface area is 447 Å². The maximum Gasteiger partial charge on any atom is 0.214 e. The van der Waals surface area contributed by atoms with Gasteiger partial charge in [0.15, 0.2) is 0 Å². The predicted octanol–water partition coefficient (Wildman–Crippen LogP) is 6.88. The monoisotopic (exact) mass is 1080 g/mol. The minimum Gasteiger partial charge on any atom is -0.475 e. The maximum atomic E-state index is 12.1. The Hall–Kier alpha value is -7.92. The summed E-state index contributed by atoms with van der Waals surface area (Å²) < 4.78 is 64.5. The number of H-pyrrole nitrogens is 1. The first-order chi connectivity index (χ1) is 37.1. The van der Waals surface area contributed by atoms with Crippen LogP contribution in [0.2, 0.25) is 0 Å². The smallest absolute Gasteiger partial charge is 0.214 e. The summed E-state index contributed by atoms with van der Waals surface area (Å²) in [7, 11) is -6.43. The van der Waals surface area contributed by atoms with Crippen LogP contribution in [0.15, 0.2) is 140 Å². The molecule has 20 nitrogen and oxygen atoms in total. The predicted molar refractivity (Wildman–Crippen MR) is 297 cm³/mol. The molecule has 0 radical (unpaired) electrons. The van der Waals surface area contributed by atoms with Crippen LogP contribution in [0.3, 0.4) is 0 Å². The summed E-state index contributed by atoms with van der Waals surface area (Å²) in [6.07, 6.45) is 9.01. The van der Waals surface area contributed by atoms with Crippen LogP contribution in [-0.2, 0) is 25.6 Å². The van der Waals surface area contributed by atoms with Crippen molar-refractivity contribution in [2.45, 2.75) is 45.4 Å². The van der Waals surface area contributed by atoms with Gasteiger partial charge in [-0.25, -0.2) is 51.4 Å². The van der Waals surface area contributed by atoms with Gasteiger partial charge in [-0.1, -0.05) is 91.0 Å². The van der Waals surface area contributed by atoms with Crippen molar-refractivity contribution in [3.05, 3.63) is 157 Å². The number of sulfonamides is 2. The summed E-state index contributed by atoms with van der Waals surface area (Å²) in [4.78, 5) is 31.2. The molecule has 9 aromatic rings. The lowest BCUT2D eigenvalue weighted by Crippen LogP contribution is -2.48. The number of nitrogens with zero attached hydrogens (tertiary/aromatic N) is 13. The Morgan fingerprint density at radius 3 is 1.39 bits per heavy atom. The van der Waals surface area contributed by atoms with Crippen LogP contribution in [-0.4, -0.2) is 152 Å². The third-order valence-corrected chi connectivity index (χ3v) is 16.0. The van der Waals surface area contributed by atoms with E-state index < -0.39 is 25.6 Å². The summed E-state index contributed by atoms with van der Waals surface area (Å²) in [6.45, 7) is 11.7. The largest absolute Gasteiger partial charge is 0.475 e. The fourth-order valence-corrected chi connectivity index (χ4v) is 11.5. The molecule has 0 saturated carbocycles. The van der Waals surface area contributed by atoms with Gasteiger partial charge in [-0.15, -0.1) is 0 Å². The molecule has 0 unspecified atom stereocenters. The molecular formula is C55H60N14O6S2. The number of hydrogen-bond acceptors (Lipinski definition) is 16. The van der Waals surface area contributed by atoms with Crippen molar-refractivity contribution in [3.8, 4) is 34.5 Å². The molecule has 2 aliphatic heterocycles. The lowest BCUT2D eigenvalue weighted by molar-refractivity contribution is 0.232. The second-order valence-corrected chi connectivity index (χ2v) is 23.4. The molecule has 1 N–H and O–H groups in total. The number of pyridine rings is 2. The van der Waals surface area contributed by atoms with Gasteiger partial charge in [-0.05, 0) is 44.4 Å². The van der Waals surface area contributed by atoms with E-state index in [1.807, 2.05) is 76.4 Å². The maximum absolute atomic E-state index is 12.1. The average molecular weight is 1080 g/mol. The molecule has 2 fully saturated rings. The van der Waals surface area contributed by atoms with Crippen LogP contribution in [0.5, 0.6) is 11.8 Å². The van der Waals surface area contributed by atoms with Gasteiger partial charge in [0, 0.05) is 87.4 Å². The summed E-state index contributed by atoms with van der Waals surface area (Å²) in [6, 6.07) is 38.8. The Morgan fingerprint density at radius 2 is 0.948 bits per heavy atom. The molecule has 2 aliphatic rings. The number of hydrogen-bond donors (Lipinski definition) is 1. The van der Waals surface area contributed by atoms with E-state index in [9.17, 15) is 16.8 Å². The minimum absolute atomic E-state index is 0.0200. The van der Waals surface area contributed by atoms with Gasteiger partial charge < -0.3 is 19.3 Å². The van der Waals surface area contributed by atoms with Crippen LogP contribution in [0, 0.1) is 0 Å². The van der Waals surface area contributed by atoms with Crippen molar-refractivity contribution in [2.24, 2.45) is 0 Å². The summed E-state index contributed by atoms with van der Waals surface area (Å²) in [5, 5.41) is 14.5. The van der Waals surface area contributed by atoms with E-state index in [1.165, 1.54) is 27.4 Å². The van der Waals surface area contributed by atoms with Gasteiger partial charge in [0.25, 0.3) is 0 Å². The molecule has 0 bridgehead atoms. The highest BCUT2D eigenvalue weighted by molar-refractivity contribution is 7.88. The molecule has 398 valence electrons. The fraction of sp³-hybridized carbons (Fsp3) is 0.309. The van der Waals surface area contributed by atoms with Gasteiger partial charge in [0.1, 0.15) is 41.2 Å². The van der Waals surface area contributed by atoms with Crippen LogP contribution in [0.25, 0.3) is 44.6 Å². The van der Waals surface area contributed by atoms with E-state index in [4.69, 9.17) is 24.5 Å². The minimum atomic E-state index is -3.26. The summed E-state index contributed by atoms with van der Waals surface area (Å²) >= 11 is 0. The number of rotatable bonds is 14. The molecule has 0 atom stereocenters. The van der Waals surface area contributed by atoms with Crippen molar-refractivity contribution in [2.75, 3.05) is 74.7 Å². The van der Waals surface area contributed by atoms with Crippen molar-refractivity contribution in [3.63, 3.8) is 0 Å². The second-order valence-electron chi connectivity index (χ2n) is 19.4. The highest BCUT2D eigenvalue weighted by atomic mass is 32.2. The Morgan fingerprint density at radius 1 is 0.519 bits per heavy atom. The summed E-state index contributed by atoms with van der Waals surface area (Å²) in [5.74, 6) is 2.48. The number of aromatic amines is 1. The van der Waals surface area contributed by atoms with Crippen molar-refractivity contribution in [1.82, 2.24) is 58.5 Å². The molecule has 2 saturated heterocycles. The zero-order chi connectivity index (χ0) is 53.9. The number of piperazine rings is 2. The van der Waals surface area contributed by atoms with Gasteiger partial charge in [0.2, 0.25) is 31.8 Å². The molecule has 8 heterocycles. The molecule has 77 heavy (non-hydrogen) atoms. The van der Waals surface area contributed by atoms with Gasteiger partial charge >= 0.3 is 0 Å². The first-order valence-corrected chi connectivity index (χ1v) is 29.0. The number of benzene rings is 3. The number of anilines is 2. The van der Waals surface area contributed by atoms with Crippen LogP contribution in [0.4, 0.5) is 11.6 Å². The van der Waals surface area contributed by atoms with Gasteiger partial charge in [-0.3, -0.25) is 5.10 Å². The van der Waals surface area contributed by atoms with E-state index >= 15 is 0 Å². The van der Waals surface area contributed by atoms with Crippen LogP contribution < -0.4 is 19.3 Å². The van der Waals surface area contributed by atoms with E-state index in [0.29, 0.717) is 92.7 Å². The van der Waals surface area contributed by atoms with Gasteiger partial charge in [0.05, 0.1) is 59.5 Å². The van der Waals surface area contributed by atoms with E-state index in [0.717, 1.165) is 44.3 Å². The van der Waals surface area contributed by atoms with Crippen LogP contribution in [0.1, 0.15) is 44.4 Å². The topological polar surface area (TPSA) is 224 Å². The zero-order valence-electron chi connectivity index (χ0n) is 43.7. The van der Waals surface area contributed by atoms with E-state index in [2.05, 4.69) is 117 Å². The number of fused-ring (bicyclic) bond motifs is 2. The third-order valence-electron chi connectivity index (χ3n) is 13.4. The fourth-order valence-electron chi connectivity index (χ4n) is 9.85. The first-order valence-electron chi connectivity index (χ1n) is 25.3. The molecule has 6 aromatic heterocycles. The molecule has 0 amide bonds. The standard InChI is InChI=1S/C37H37N7O3S.C18H23N7O3S/c1-27(2)47-35-23-31-33(25-38-35)44(41-36(31)32-24-34(40-26-39-32)42-19-21-43(22-20-42)48(3,45)46)37(28-13-7-4-8-14-28,29-15-9-5-10-16-29)30-17-11-6-12-18-30;1-12(2)28-17-8-13-15(10-19-17)22-23-18(13)14-9-16(21-11-20-14)24-4-6-25(7-5-24)29(3,26)27/h4-18,23-27H,19-22H2,1-3H3;8-12H,4-7H2,1-3H3,(H,22,23). The quantitative estimate of drug-likeness (QED) is 0.110. The molecular weight excluding hydrogens is 1020 g/mol. The first kappa shape index (κ1) is 52.5. The van der Waals surface area contributed by atoms with Crippen molar-refractivity contribution in [1.29, 1.82) is 0 Å². The second kappa shape index (κ2) is 22.0. The Bertz CT molecular complexity index is 3620. The lowest BCUT2D eigenvalue weighted by Gasteiger charge is -2.37.